The largest absolute Gasteiger partial charge is 0.346 e. The van der Waals surface area contributed by atoms with Gasteiger partial charge in [0.15, 0.2) is 0 Å². The van der Waals surface area contributed by atoms with Crippen molar-refractivity contribution in [3.63, 3.8) is 0 Å². The first-order valence-corrected chi connectivity index (χ1v) is 5.78. The highest BCUT2D eigenvalue weighted by atomic mass is 19.1. The van der Waals surface area contributed by atoms with Crippen LogP contribution in [-0.4, -0.2) is 5.91 Å². The number of hydrogen-bond acceptors (Lipinski definition) is 1. The monoisotopic (exact) mass is 243 g/mol. The van der Waals surface area contributed by atoms with Crippen molar-refractivity contribution in [2.24, 2.45) is 0 Å². The van der Waals surface area contributed by atoms with E-state index in [4.69, 9.17) is 0 Å². The summed E-state index contributed by atoms with van der Waals surface area (Å²) < 4.78 is 13.1. The van der Waals surface area contributed by atoms with Gasteiger partial charge in [-0.2, -0.15) is 0 Å². The van der Waals surface area contributed by atoms with Crippen molar-refractivity contribution >= 4 is 5.91 Å². The Bertz CT molecular complexity index is 539. The van der Waals surface area contributed by atoms with Gasteiger partial charge >= 0.3 is 0 Å². The number of amides is 1. The van der Waals surface area contributed by atoms with Crippen molar-refractivity contribution < 1.29 is 9.18 Å². The maximum absolute atomic E-state index is 13.1. The molecule has 18 heavy (non-hydrogen) atoms. The van der Waals surface area contributed by atoms with E-state index in [1.54, 1.807) is 24.3 Å². The zero-order chi connectivity index (χ0) is 13.0. The van der Waals surface area contributed by atoms with Gasteiger partial charge in [0.2, 0.25) is 0 Å². The Labute approximate surface area is 105 Å². The van der Waals surface area contributed by atoms with Crippen molar-refractivity contribution in [3.8, 4) is 0 Å². The quantitative estimate of drug-likeness (QED) is 0.880. The van der Waals surface area contributed by atoms with Gasteiger partial charge in [-0.25, -0.2) is 4.39 Å². The second kappa shape index (κ2) is 5.45. The first kappa shape index (κ1) is 12.3. The second-order valence-corrected chi connectivity index (χ2v) is 4.12. The number of hydrogen-bond donors (Lipinski definition) is 1. The number of carbonyl (C=O) groups excluding carboxylic acids is 1. The molecule has 3 heteroatoms. The molecule has 0 bridgehead atoms. The molecular weight excluding hydrogens is 229 g/mol. The molecule has 2 aromatic rings. The van der Waals surface area contributed by atoms with Crippen LogP contribution in [-0.2, 0) is 0 Å². The SMILES string of the molecule is C[C@@H](NC(=O)c1ccccc1)c1cccc(F)c1. The molecule has 0 saturated carbocycles. The topological polar surface area (TPSA) is 29.1 Å². The van der Waals surface area contributed by atoms with Crippen LogP contribution < -0.4 is 5.32 Å². The molecule has 2 nitrogen and oxygen atoms in total. The standard InChI is InChI=1S/C15H14FNO/c1-11(13-8-5-9-14(16)10-13)17-15(18)12-6-3-2-4-7-12/h2-11H,1H3,(H,17,18)/t11-/m1/s1. The molecule has 2 rings (SSSR count). The third kappa shape index (κ3) is 2.94. The van der Waals surface area contributed by atoms with Crippen molar-refractivity contribution in [2.45, 2.75) is 13.0 Å². The lowest BCUT2D eigenvalue weighted by atomic mass is 10.1. The molecule has 92 valence electrons. The molecule has 0 heterocycles. The predicted octanol–water partition coefficient (Wildman–Crippen LogP) is 3.32. The van der Waals surface area contributed by atoms with E-state index in [0.29, 0.717) is 5.56 Å². The summed E-state index contributed by atoms with van der Waals surface area (Å²) >= 11 is 0. The highest BCUT2D eigenvalue weighted by Gasteiger charge is 2.11. The van der Waals surface area contributed by atoms with E-state index in [0.717, 1.165) is 5.56 Å². The normalized spacial score (nSPS) is 11.9. The van der Waals surface area contributed by atoms with Crippen molar-refractivity contribution in [1.82, 2.24) is 5.32 Å². The number of carbonyl (C=O) groups is 1. The summed E-state index contributed by atoms with van der Waals surface area (Å²) in [5.74, 6) is -0.458. The molecule has 0 aliphatic rings. The van der Waals surface area contributed by atoms with Crippen LogP contribution in [0.3, 0.4) is 0 Å². The zero-order valence-corrected chi connectivity index (χ0v) is 10.1. The highest BCUT2D eigenvalue weighted by Crippen LogP contribution is 2.14. The Balaban J connectivity index is 2.08. The Kier molecular flexibility index (Phi) is 3.72. The predicted molar refractivity (Wildman–Crippen MR) is 68.7 cm³/mol. The van der Waals surface area contributed by atoms with Gasteiger partial charge in [0.25, 0.3) is 5.91 Å². The molecule has 2 aromatic carbocycles. The number of halogens is 1. The smallest absolute Gasteiger partial charge is 0.251 e. The van der Waals surface area contributed by atoms with E-state index >= 15 is 0 Å². The van der Waals surface area contributed by atoms with Crippen LogP contribution >= 0.6 is 0 Å². The fourth-order valence-corrected chi connectivity index (χ4v) is 1.73. The van der Waals surface area contributed by atoms with Crippen LogP contribution in [0.5, 0.6) is 0 Å². The fraction of sp³-hybridized carbons (Fsp3) is 0.133. The summed E-state index contributed by atoms with van der Waals surface area (Å²) in [6.07, 6.45) is 0. The van der Waals surface area contributed by atoms with Crippen LogP contribution in [0, 0.1) is 5.82 Å². The summed E-state index contributed by atoms with van der Waals surface area (Å²) in [6.45, 7) is 1.83. The van der Waals surface area contributed by atoms with E-state index in [1.807, 2.05) is 25.1 Å². The number of rotatable bonds is 3. The molecule has 1 amide bonds. The lowest BCUT2D eigenvalue weighted by Crippen LogP contribution is -2.26. The van der Waals surface area contributed by atoms with Crippen molar-refractivity contribution in [3.05, 3.63) is 71.5 Å². The Morgan fingerprint density at radius 3 is 2.50 bits per heavy atom. The van der Waals surface area contributed by atoms with Crippen LogP contribution in [0.25, 0.3) is 0 Å². The minimum absolute atomic E-state index is 0.160. The molecule has 0 unspecified atom stereocenters. The van der Waals surface area contributed by atoms with E-state index in [-0.39, 0.29) is 17.8 Å². The highest BCUT2D eigenvalue weighted by molar-refractivity contribution is 5.94. The molecule has 1 atom stereocenters. The Morgan fingerprint density at radius 1 is 1.11 bits per heavy atom. The molecule has 1 N–H and O–H groups in total. The van der Waals surface area contributed by atoms with Gasteiger partial charge in [-0.1, -0.05) is 30.3 Å². The van der Waals surface area contributed by atoms with E-state index < -0.39 is 0 Å². The van der Waals surface area contributed by atoms with Gasteiger partial charge in [0.1, 0.15) is 5.82 Å². The molecular formula is C15H14FNO. The molecule has 0 aliphatic carbocycles. The van der Waals surface area contributed by atoms with Crippen molar-refractivity contribution in [2.75, 3.05) is 0 Å². The Morgan fingerprint density at radius 2 is 1.83 bits per heavy atom. The molecule has 0 aliphatic heterocycles. The van der Waals surface area contributed by atoms with Crippen LogP contribution in [0.1, 0.15) is 28.9 Å². The van der Waals surface area contributed by atoms with Gasteiger partial charge in [-0.15, -0.1) is 0 Å². The maximum atomic E-state index is 13.1. The molecule has 0 radical (unpaired) electrons. The first-order chi connectivity index (χ1) is 8.66. The summed E-state index contributed by atoms with van der Waals surface area (Å²) in [6, 6.07) is 15.0. The summed E-state index contributed by atoms with van der Waals surface area (Å²) in [4.78, 5) is 11.9. The molecule has 0 spiro atoms. The van der Waals surface area contributed by atoms with E-state index in [9.17, 15) is 9.18 Å². The molecule has 0 saturated heterocycles. The third-order valence-electron chi connectivity index (χ3n) is 2.73. The average Bonchev–Trinajstić information content (AvgIpc) is 2.39. The lowest BCUT2D eigenvalue weighted by Gasteiger charge is -2.14. The minimum atomic E-state index is -0.298. The zero-order valence-electron chi connectivity index (χ0n) is 10.1. The van der Waals surface area contributed by atoms with Gasteiger partial charge in [0.05, 0.1) is 6.04 Å². The van der Waals surface area contributed by atoms with E-state index in [1.165, 1.54) is 12.1 Å². The average molecular weight is 243 g/mol. The third-order valence-corrected chi connectivity index (χ3v) is 2.73. The fourth-order valence-electron chi connectivity index (χ4n) is 1.73. The minimum Gasteiger partial charge on any atom is -0.346 e. The van der Waals surface area contributed by atoms with Crippen molar-refractivity contribution in [1.29, 1.82) is 0 Å². The second-order valence-electron chi connectivity index (χ2n) is 4.12. The van der Waals surface area contributed by atoms with Gasteiger partial charge in [0, 0.05) is 5.56 Å². The Hall–Kier alpha value is -2.16. The number of benzene rings is 2. The molecule has 0 fully saturated rings. The first-order valence-electron chi connectivity index (χ1n) is 5.78. The van der Waals surface area contributed by atoms with Gasteiger partial charge in [-0.3, -0.25) is 4.79 Å². The van der Waals surface area contributed by atoms with Crippen LogP contribution in [0.2, 0.25) is 0 Å². The summed E-state index contributed by atoms with van der Waals surface area (Å²) in [5.41, 5.74) is 1.35. The number of nitrogens with one attached hydrogen (secondary N) is 1. The molecule has 0 aromatic heterocycles. The van der Waals surface area contributed by atoms with Gasteiger partial charge < -0.3 is 5.32 Å². The maximum Gasteiger partial charge on any atom is 0.251 e. The lowest BCUT2D eigenvalue weighted by molar-refractivity contribution is 0.0940. The van der Waals surface area contributed by atoms with Crippen LogP contribution in [0.4, 0.5) is 4.39 Å². The summed E-state index contributed by atoms with van der Waals surface area (Å²) in [5, 5.41) is 2.83. The summed E-state index contributed by atoms with van der Waals surface area (Å²) in [7, 11) is 0. The van der Waals surface area contributed by atoms with E-state index in [2.05, 4.69) is 5.32 Å². The van der Waals surface area contributed by atoms with Gasteiger partial charge in [-0.05, 0) is 36.8 Å². The van der Waals surface area contributed by atoms with Crippen LogP contribution in [0.15, 0.2) is 54.6 Å².